The minimum absolute atomic E-state index is 0.275. The molecule has 0 saturated carbocycles. The summed E-state index contributed by atoms with van der Waals surface area (Å²) in [6.45, 7) is 2.22. The van der Waals surface area contributed by atoms with Gasteiger partial charge in [-0.25, -0.2) is 4.79 Å². The van der Waals surface area contributed by atoms with Crippen molar-refractivity contribution in [1.29, 1.82) is 0 Å². The highest BCUT2D eigenvalue weighted by atomic mass is 16.6. The number of ether oxygens (including phenoxy) is 3. The van der Waals surface area contributed by atoms with Crippen molar-refractivity contribution < 1.29 is 19.0 Å². The SMILES string of the molecule is CCC1OC(=O)N(Cc2cccc(N)c2)N=C1c1ccc(OC)c(OC)c1. The Labute approximate surface area is 158 Å². The fourth-order valence-corrected chi connectivity index (χ4v) is 2.95. The number of hydrogen-bond donors (Lipinski definition) is 1. The molecule has 0 aromatic heterocycles. The van der Waals surface area contributed by atoms with Crippen LogP contribution in [0.5, 0.6) is 11.5 Å². The number of nitrogens with two attached hydrogens (primary N) is 1. The van der Waals surface area contributed by atoms with Crippen LogP contribution in [0.1, 0.15) is 24.5 Å². The second kappa shape index (κ2) is 7.99. The Kier molecular flexibility index (Phi) is 5.49. The average Bonchev–Trinajstić information content (AvgIpc) is 2.68. The highest BCUT2D eigenvalue weighted by molar-refractivity contribution is 6.06. The first-order chi connectivity index (χ1) is 13.0. The topological polar surface area (TPSA) is 86.4 Å². The average molecular weight is 369 g/mol. The minimum Gasteiger partial charge on any atom is -0.493 e. The molecular formula is C20H23N3O4. The molecular weight excluding hydrogens is 346 g/mol. The van der Waals surface area contributed by atoms with E-state index in [0.717, 1.165) is 11.1 Å². The summed E-state index contributed by atoms with van der Waals surface area (Å²) in [5.41, 5.74) is 8.81. The number of benzene rings is 2. The van der Waals surface area contributed by atoms with Crippen molar-refractivity contribution in [3.05, 3.63) is 53.6 Å². The normalized spacial score (nSPS) is 16.6. The van der Waals surface area contributed by atoms with Crippen LogP contribution in [-0.2, 0) is 11.3 Å². The standard InChI is InChI=1S/C20H23N3O4/c1-4-16-19(14-8-9-17(25-2)18(11-14)26-3)22-23(20(24)27-16)12-13-6-5-7-15(21)10-13/h5-11,16H,4,12,21H2,1-3H3. The van der Waals surface area contributed by atoms with Crippen molar-refractivity contribution in [2.75, 3.05) is 20.0 Å². The molecule has 1 aliphatic heterocycles. The third-order valence-electron chi connectivity index (χ3n) is 4.32. The molecule has 1 unspecified atom stereocenters. The summed E-state index contributed by atoms with van der Waals surface area (Å²) in [5.74, 6) is 1.21. The maximum Gasteiger partial charge on any atom is 0.431 e. The first-order valence-electron chi connectivity index (χ1n) is 8.69. The Morgan fingerprint density at radius 1 is 1.15 bits per heavy atom. The van der Waals surface area contributed by atoms with Crippen LogP contribution in [0.3, 0.4) is 0 Å². The molecule has 0 spiro atoms. The van der Waals surface area contributed by atoms with Gasteiger partial charge in [-0.1, -0.05) is 19.1 Å². The van der Waals surface area contributed by atoms with Gasteiger partial charge in [0.25, 0.3) is 0 Å². The number of hydrazone groups is 1. The Hall–Kier alpha value is -3.22. The van der Waals surface area contributed by atoms with Crippen molar-refractivity contribution >= 4 is 17.5 Å². The number of hydrogen-bond acceptors (Lipinski definition) is 6. The van der Waals surface area contributed by atoms with E-state index in [1.165, 1.54) is 5.01 Å². The molecule has 27 heavy (non-hydrogen) atoms. The van der Waals surface area contributed by atoms with E-state index in [1.807, 2.05) is 43.3 Å². The third-order valence-corrected chi connectivity index (χ3v) is 4.32. The van der Waals surface area contributed by atoms with Crippen molar-refractivity contribution in [2.24, 2.45) is 5.10 Å². The molecule has 0 saturated heterocycles. The van der Waals surface area contributed by atoms with Gasteiger partial charge in [0, 0.05) is 11.3 Å². The molecule has 7 nitrogen and oxygen atoms in total. The van der Waals surface area contributed by atoms with Gasteiger partial charge in [0.1, 0.15) is 11.8 Å². The first-order valence-corrected chi connectivity index (χ1v) is 8.69. The molecule has 2 aromatic rings. The lowest BCUT2D eigenvalue weighted by atomic mass is 10.0. The number of nitrogens with zero attached hydrogens (tertiary/aromatic N) is 2. The van der Waals surface area contributed by atoms with E-state index >= 15 is 0 Å². The van der Waals surface area contributed by atoms with Gasteiger partial charge in [-0.15, -0.1) is 0 Å². The van der Waals surface area contributed by atoms with Gasteiger partial charge in [-0.05, 0) is 42.3 Å². The number of nitrogen functional groups attached to an aromatic ring is 1. The summed E-state index contributed by atoms with van der Waals surface area (Å²) in [4.78, 5) is 12.4. The molecule has 0 aliphatic carbocycles. The predicted octanol–water partition coefficient (Wildman–Crippen LogP) is 3.42. The number of cyclic esters (lactones) is 1. The van der Waals surface area contributed by atoms with E-state index in [0.29, 0.717) is 29.3 Å². The highest BCUT2D eigenvalue weighted by Gasteiger charge is 2.31. The fraction of sp³-hybridized carbons (Fsp3) is 0.300. The zero-order valence-corrected chi connectivity index (χ0v) is 15.6. The highest BCUT2D eigenvalue weighted by Crippen LogP contribution is 2.30. The third kappa shape index (κ3) is 3.97. The molecule has 0 radical (unpaired) electrons. The Balaban J connectivity index is 1.96. The zero-order valence-electron chi connectivity index (χ0n) is 15.6. The summed E-state index contributed by atoms with van der Waals surface area (Å²) < 4.78 is 16.3. The maximum absolute atomic E-state index is 12.4. The molecule has 1 aliphatic rings. The number of anilines is 1. The number of carbonyl (C=O) groups excluding carboxylic acids is 1. The van der Waals surface area contributed by atoms with E-state index < -0.39 is 12.2 Å². The van der Waals surface area contributed by atoms with E-state index in [4.69, 9.17) is 19.9 Å². The summed E-state index contributed by atoms with van der Waals surface area (Å²) in [6, 6.07) is 12.9. The lowest BCUT2D eigenvalue weighted by Crippen LogP contribution is -2.41. The molecule has 2 aromatic carbocycles. The van der Waals surface area contributed by atoms with Crippen molar-refractivity contribution in [3.63, 3.8) is 0 Å². The lowest BCUT2D eigenvalue weighted by molar-refractivity contribution is 0.0712. The van der Waals surface area contributed by atoms with Crippen LogP contribution in [0.4, 0.5) is 10.5 Å². The maximum atomic E-state index is 12.4. The summed E-state index contributed by atoms with van der Waals surface area (Å²) in [5, 5.41) is 5.89. The predicted molar refractivity (Wildman–Crippen MR) is 103 cm³/mol. The van der Waals surface area contributed by atoms with Crippen molar-refractivity contribution in [1.82, 2.24) is 5.01 Å². The second-order valence-electron chi connectivity index (χ2n) is 6.14. The van der Waals surface area contributed by atoms with E-state index in [2.05, 4.69) is 5.10 Å². The van der Waals surface area contributed by atoms with Crippen LogP contribution in [0, 0.1) is 0 Å². The molecule has 1 heterocycles. The molecule has 3 rings (SSSR count). The van der Waals surface area contributed by atoms with Crippen LogP contribution in [0.2, 0.25) is 0 Å². The van der Waals surface area contributed by atoms with Gasteiger partial charge in [0.15, 0.2) is 11.5 Å². The summed E-state index contributed by atoms with van der Waals surface area (Å²) in [7, 11) is 3.16. The van der Waals surface area contributed by atoms with Gasteiger partial charge in [-0.3, -0.25) is 0 Å². The van der Waals surface area contributed by atoms with Gasteiger partial charge < -0.3 is 19.9 Å². The number of amides is 1. The second-order valence-corrected chi connectivity index (χ2v) is 6.14. The molecule has 142 valence electrons. The smallest absolute Gasteiger partial charge is 0.431 e. The number of rotatable bonds is 6. The van der Waals surface area contributed by atoms with Gasteiger partial charge in [0.2, 0.25) is 0 Å². The Morgan fingerprint density at radius 3 is 2.59 bits per heavy atom. The van der Waals surface area contributed by atoms with Gasteiger partial charge in [0.05, 0.1) is 20.8 Å². The van der Waals surface area contributed by atoms with Crippen LogP contribution >= 0.6 is 0 Å². The van der Waals surface area contributed by atoms with Gasteiger partial charge in [-0.2, -0.15) is 10.1 Å². The summed E-state index contributed by atoms with van der Waals surface area (Å²) >= 11 is 0. The molecule has 0 fully saturated rings. The molecule has 1 atom stereocenters. The molecule has 1 amide bonds. The Morgan fingerprint density at radius 2 is 1.93 bits per heavy atom. The Bertz CT molecular complexity index is 866. The van der Waals surface area contributed by atoms with Crippen molar-refractivity contribution in [2.45, 2.75) is 26.0 Å². The summed E-state index contributed by atoms with van der Waals surface area (Å²) in [6.07, 6.45) is -0.286. The van der Waals surface area contributed by atoms with Crippen LogP contribution in [-0.4, -0.2) is 37.1 Å². The van der Waals surface area contributed by atoms with E-state index in [1.54, 1.807) is 20.3 Å². The lowest BCUT2D eigenvalue weighted by Gasteiger charge is -2.29. The van der Waals surface area contributed by atoms with Gasteiger partial charge >= 0.3 is 6.09 Å². The van der Waals surface area contributed by atoms with E-state index in [-0.39, 0.29) is 6.54 Å². The zero-order chi connectivity index (χ0) is 19.4. The number of methoxy groups -OCH3 is 2. The van der Waals surface area contributed by atoms with Crippen LogP contribution < -0.4 is 15.2 Å². The largest absolute Gasteiger partial charge is 0.493 e. The quantitative estimate of drug-likeness (QED) is 0.789. The van der Waals surface area contributed by atoms with Crippen LogP contribution in [0.15, 0.2) is 47.6 Å². The van der Waals surface area contributed by atoms with E-state index in [9.17, 15) is 4.79 Å². The number of carbonyl (C=O) groups is 1. The molecule has 7 heteroatoms. The van der Waals surface area contributed by atoms with Crippen LogP contribution in [0.25, 0.3) is 0 Å². The minimum atomic E-state index is -0.478. The monoisotopic (exact) mass is 369 g/mol. The molecule has 0 bridgehead atoms. The first kappa shape index (κ1) is 18.6. The van der Waals surface area contributed by atoms with Crippen molar-refractivity contribution in [3.8, 4) is 11.5 Å². The molecule has 2 N–H and O–H groups in total. The fourth-order valence-electron chi connectivity index (χ4n) is 2.95.